The Labute approximate surface area is 142 Å². The van der Waals surface area contributed by atoms with Crippen LogP contribution in [0, 0.1) is 0 Å². The molecule has 126 valence electrons. The molecular formula is C19H23N3O2. The Balaban J connectivity index is 1.51. The molecule has 0 aliphatic carbocycles. The van der Waals surface area contributed by atoms with Gasteiger partial charge in [0.25, 0.3) is 0 Å². The van der Waals surface area contributed by atoms with Crippen LogP contribution < -0.4 is 9.64 Å². The lowest BCUT2D eigenvalue weighted by molar-refractivity contribution is -0.130. The predicted octanol–water partition coefficient (Wildman–Crippen LogP) is 2.37. The molecule has 24 heavy (non-hydrogen) atoms. The van der Waals surface area contributed by atoms with E-state index in [4.69, 9.17) is 4.74 Å². The highest BCUT2D eigenvalue weighted by Gasteiger charge is 2.21. The quantitative estimate of drug-likeness (QED) is 0.847. The number of nitrogens with zero attached hydrogens (tertiary/aromatic N) is 3. The summed E-state index contributed by atoms with van der Waals surface area (Å²) in [6, 6.07) is 11.8. The van der Waals surface area contributed by atoms with Crippen molar-refractivity contribution in [1.82, 2.24) is 9.88 Å². The van der Waals surface area contributed by atoms with Crippen molar-refractivity contribution in [3.63, 3.8) is 0 Å². The zero-order valence-corrected chi connectivity index (χ0v) is 14.0. The molecule has 0 N–H and O–H groups in total. The first kappa shape index (κ1) is 16.3. The van der Waals surface area contributed by atoms with E-state index in [0.29, 0.717) is 13.0 Å². The standard InChI is InChI=1S/C19H23N3O2/c1-2-24-18-5-3-16(4-6-18)15-19(23)22-13-11-21(12-14-22)17-7-9-20-10-8-17/h3-10H,2,11-15H2,1H3. The van der Waals surface area contributed by atoms with E-state index >= 15 is 0 Å². The normalized spacial score (nSPS) is 14.5. The highest BCUT2D eigenvalue weighted by atomic mass is 16.5. The second-order valence-electron chi connectivity index (χ2n) is 5.83. The second kappa shape index (κ2) is 7.81. The number of carbonyl (C=O) groups is 1. The van der Waals surface area contributed by atoms with E-state index in [-0.39, 0.29) is 5.91 Å². The van der Waals surface area contributed by atoms with Gasteiger partial charge in [-0.15, -0.1) is 0 Å². The van der Waals surface area contributed by atoms with Crippen molar-refractivity contribution in [2.24, 2.45) is 0 Å². The van der Waals surface area contributed by atoms with Crippen molar-refractivity contribution in [2.45, 2.75) is 13.3 Å². The van der Waals surface area contributed by atoms with Gasteiger partial charge in [0.1, 0.15) is 5.75 Å². The number of rotatable bonds is 5. The Kier molecular flexibility index (Phi) is 5.31. The molecule has 2 heterocycles. The molecule has 1 saturated heterocycles. The van der Waals surface area contributed by atoms with Gasteiger partial charge in [0.2, 0.25) is 5.91 Å². The summed E-state index contributed by atoms with van der Waals surface area (Å²) >= 11 is 0. The number of amides is 1. The smallest absolute Gasteiger partial charge is 0.227 e. The molecule has 0 unspecified atom stereocenters. The van der Waals surface area contributed by atoms with Crippen molar-refractivity contribution in [1.29, 1.82) is 0 Å². The molecule has 0 bridgehead atoms. The topological polar surface area (TPSA) is 45.7 Å². The number of hydrogen-bond donors (Lipinski definition) is 0. The maximum atomic E-state index is 12.5. The van der Waals surface area contributed by atoms with Crippen LogP contribution in [0.25, 0.3) is 0 Å². The van der Waals surface area contributed by atoms with Crippen molar-refractivity contribution in [3.8, 4) is 5.75 Å². The van der Waals surface area contributed by atoms with E-state index in [2.05, 4.69) is 9.88 Å². The van der Waals surface area contributed by atoms with Gasteiger partial charge >= 0.3 is 0 Å². The lowest BCUT2D eigenvalue weighted by atomic mass is 10.1. The van der Waals surface area contributed by atoms with Gasteiger partial charge in [-0.3, -0.25) is 9.78 Å². The molecule has 0 spiro atoms. The number of piperazine rings is 1. The minimum Gasteiger partial charge on any atom is -0.494 e. The lowest BCUT2D eigenvalue weighted by Gasteiger charge is -2.36. The molecule has 5 nitrogen and oxygen atoms in total. The summed E-state index contributed by atoms with van der Waals surface area (Å²) in [6.45, 7) is 5.86. The molecule has 0 radical (unpaired) electrons. The van der Waals surface area contributed by atoms with Crippen LogP contribution in [-0.4, -0.2) is 48.6 Å². The average molecular weight is 325 g/mol. The minimum absolute atomic E-state index is 0.188. The van der Waals surface area contributed by atoms with Gasteiger partial charge in [-0.1, -0.05) is 12.1 Å². The fourth-order valence-electron chi connectivity index (χ4n) is 2.93. The van der Waals surface area contributed by atoms with Crippen molar-refractivity contribution in [3.05, 3.63) is 54.4 Å². The Morgan fingerprint density at radius 1 is 1.04 bits per heavy atom. The van der Waals surface area contributed by atoms with Crippen LogP contribution in [0.15, 0.2) is 48.8 Å². The largest absolute Gasteiger partial charge is 0.494 e. The van der Waals surface area contributed by atoms with Gasteiger partial charge in [-0.25, -0.2) is 0 Å². The second-order valence-corrected chi connectivity index (χ2v) is 5.83. The fraction of sp³-hybridized carbons (Fsp3) is 0.368. The van der Waals surface area contributed by atoms with Crippen molar-refractivity contribution in [2.75, 3.05) is 37.7 Å². The Morgan fingerprint density at radius 3 is 2.33 bits per heavy atom. The van der Waals surface area contributed by atoms with Gasteiger partial charge in [0, 0.05) is 44.3 Å². The van der Waals surface area contributed by atoms with Crippen LogP contribution in [0.1, 0.15) is 12.5 Å². The van der Waals surface area contributed by atoms with E-state index in [1.165, 1.54) is 5.69 Å². The number of aromatic nitrogens is 1. The van der Waals surface area contributed by atoms with Crippen LogP contribution in [0.3, 0.4) is 0 Å². The molecule has 1 amide bonds. The summed E-state index contributed by atoms with van der Waals surface area (Å²) in [5.74, 6) is 1.04. The first-order chi connectivity index (χ1) is 11.8. The molecule has 1 aliphatic heterocycles. The molecule has 1 aromatic heterocycles. The third-order valence-corrected chi connectivity index (χ3v) is 4.25. The van der Waals surface area contributed by atoms with E-state index in [0.717, 1.165) is 37.5 Å². The Bertz CT molecular complexity index is 650. The Morgan fingerprint density at radius 2 is 1.71 bits per heavy atom. The summed E-state index contributed by atoms with van der Waals surface area (Å²) in [5, 5.41) is 0. The van der Waals surface area contributed by atoms with Crippen LogP contribution in [0.4, 0.5) is 5.69 Å². The van der Waals surface area contributed by atoms with Gasteiger partial charge in [0.15, 0.2) is 0 Å². The predicted molar refractivity (Wildman–Crippen MR) is 94.3 cm³/mol. The van der Waals surface area contributed by atoms with Crippen LogP contribution in [-0.2, 0) is 11.2 Å². The highest BCUT2D eigenvalue weighted by Crippen LogP contribution is 2.16. The van der Waals surface area contributed by atoms with Gasteiger partial charge < -0.3 is 14.5 Å². The van der Waals surface area contributed by atoms with Gasteiger partial charge in [-0.2, -0.15) is 0 Å². The SMILES string of the molecule is CCOc1ccc(CC(=O)N2CCN(c3ccncc3)CC2)cc1. The molecule has 1 aromatic carbocycles. The first-order valence-electron chi connectivity index (χ1n) is 8.41. The van der Waals surface area contributed by atoms with E-state index in [1.54, 1.807) is 12.4 Å². The van der Waals surface area contributed by atoms with Crippen molar-refractivity contribution >= 4 is 11.6 Å². The zero-order valence-electron chi connectivity index (χ0n) is 14.0. The van der Waals surface area contributed by atoms with Crippen LogP contribution >= 0.6 is 0 Å². The molecule has 2 aromatic rings. The number of carbonyl (C=O) groups excluding carboxylic acids is 1. The molecule has 0 saturated carbocycles. The number of benzene rings is 1. The van der Waals surface area contributed by atoms with Crippen LogP contribution in [0.2, 0.25) is 0 Å². The van der Waals surface area contributed by atoms with Gasteiger partial charge in [-0.05, 0) is 36.8 Å². The third kappa shape index (κ3) is 4.04. The zero-order chi connectivity index (χ0) is 16.8. The number of pyridine rings is 1. The van der Waals surface area contributed by atoms with E-state index in [9.17, 15) is 4.79 Å². The Hall–Kier alpha value is -2.56. The summed E-state index contributed by atoms with van der Waals surface area (Å²) in [6.07, 6.45) is 4.05. The van der Waals surface area contributed by atoms with E-state index < -0.39 is 0 Å². The molecule has 3 rings (SSSR count). The monoisotopic (exact) mass is 325 g/mol. The maximum Gasteiger partial charge on any atom is 0.227 e. The number of hydrogen-bond acceptors (Lipinski definition) is 4. The first-order valence-corrected chi connectivity index (χ1v) is 8.41. The highest BCUT2D eigenvalue weighted by molar-refractivity contribution is 5.79. The maximum absolute atomic E-state index is 12.5. The summed E-state index contributed by atoms with van der Waals surface area (Å²) in [5.41, 5.74) is 2.20. The third-order valence-electron chi connectivity index (χ3n) is 4.25. The molecule has 1 aliphatic rings. The van der Waals surface area contributed by atoms with Crippen molar-refractivity contribution < 1.29 is 9.53 Å². The summed E-state index contributed by atoms with van der Waals surface area (Å²) < 4.78 is 5.43. The molecule has 1 fully saturated rings. The molecule has 5 heteroatoms. The summed E-state index contributed by atoms with van der Waals surface area (Å²) in [7, 11) is 0. The average Bonchev–Trinajstić information content (AvgIpc) is 2.64. The number of anilines is 1. The summed E-state index contributed by atoms with van der Waals surface area (Å²) in [4.78, 5) is 20.8. The number of ether oxygens (including phenoxy) is 1. The van der Waals surface area contributed by atoms with E-state index in [1.807, 2.05) is 48.2 Å². The molecular weight excluding hydrogens is 302 g/mol. The van der Waals surface area contributed by atoms with Crippen LogP contribution in [0.5, 0.6) is 5.75 Å². The van der Waals surface area contributed by atoms with Gasteiger partial charge in [0.05, 0.1) is 13.0 Å². The minimum atomic E-state index is 0.188. The molecule has 0 atom stereocenters. The lowest BCUT2D eigenvalue weighted by Crippen LogP contribution is -2.49. The fourth-order valence-corrected chi connectivity index (χ4v) is 2.93.